The third-order valence-corrected chi connectivity index (χ3v) is 5.72. The Kier molecular flexibility index (Phi) is 6.65. The summed E-state index contributed by atoms with van der Waals surface area (Å²) in [5, 5.41) is 33.9. The first-order valence-electron chi connectivity index (χ1n) is 11.7. The van der Waals surface area contributed by atoms with Crippen LogP contribution in [0.5, 0.6) is 0 Å². The normalized spacial score (nSPS) is 12.2. The zero-order chi connectivity index (χ0) is 27.6. The lowest BCUT2D eigenvalue weighted by molar-refractivity contribution is -0.00177. The highest BCUT2D eigenvalue weighted by molar-refractivity contribution is 6.00. The van der Waals surface area contributed by atoms with Crippen molar-refractivity contribution in [2.75, 3.05) is 11.9 Å². The first kappa shape index (κ1) is 25.4. The van der Waals surface area contributed by atoms with E-state index in [1.807, 2.05) is 6.07 Å². The van der Waals surface area contributed by atoms with Gasteiger partial charge in [-0.05, 0) is 26.0 Å². The molecule has 0 saturated heterocycles. The van der Waals surface area contributed by atoms with Crippen LogP contribution in [0.2, 0.25) is 0 Å². The number of pyridine rings is 2. The number of carbonyl (C=O) groups is 1. The second-order valence-corrected chi connectivity index (χ2v) is 9.07. The Bertz CT molecular complexity index is 1690. The molecule has 5 rings (SSSR count). The minimum Gasteiger partial charge on any atom is -0.387 e. The van der Waals surface area contributed by atoms with Gasteiger partial charge < -0.3 is 15.7 Å². The summed E-state index contributed by atoms with van der Waals surface area (Å²) in [6, 6.07) is 6.96. The smallest absolute Gasteiger partial charge is 0.255 e. The van der Waals surface area contributed by atoms with Gasteiger partial charge in [0.05, 0.1) is 53.2 Å². The fraction of sp³-hybridized carbons (Fsp3) is 0.200. The molecule has 5 heterocycles. The monoisotopic (exact) mass is 527 g/mol. The van der Waals surface area contributed by atoms with Crippen LogP contribution in [0.25, 0.3) is 22.8 Å². The molecular formula is C25H22FN11O2. The molecule has 0 aliphatic carbocycles. The van der Waals surface area contributed by atoms with E-state index in [4.69, 9.17) is 5.26 Å². The van der Waals surface area contributed by atoms with Gasteiger partial charge in [-0.2, -0.15) is 20.1 Å². The van der Waals surface area contributed by atoms with Gasteiger partial charge >= 0.3 is 0 Å². The van der Waals surface area contributed by atoms with Gasteiger partial charge in [0.25, 0.3) is 5.91 Å². The van der Waals surface area contributed by atoms with Gasteiger partial charge in [0.1, 0.15) is 12.2 Å². The van der Waals surface area contributed by atoms with Gasteiger partial charge in [0, 0.05) is 36.2 Å². The standard InChI is InChI=1S/C25H22FN11O2/c1-25(2,39)20(26)13-32-23(38)18-12-30-21(37-22-16(10-34-37)6-15(8-27)9-31-22)7-19(18)35-17-11-33-36(14-17)24-28-4-3-5-29-24/h3-7,9-12,14,20,39H,13H2,1-2H3,(H,30,35)(H,32,38). The molecule has 39 heavy (non-hydrogen) atoms. The number of aromatic nitrogens is 8. The number of aliphatic hydroxyl groups is 1. The number of amides is 1. The summed E-state index contributed by atoms with van der Waals surface area (Å²) in [4.78, 5) is 30.1. The van der Waals surface area contributed by atoms with Gasteiger partial charge in [-0.25, -0.2) is 29.0 Å². The molecule has 0 aliphatic heterocycles. The maximum atomic E-state index is 14.3. The van der Waals surface area contributed by atoms with E-state index >= 15 is 0 Å². The predicted molar refractivity (Wildman–Crippen MR) is 137 cm³/mol. The van der Waals surface area contributed by atoms with Crippen LogP contribution in [0, 0.1) is 11.3 Å². The number of nitriles is 1. The Morgan fingerprint density at radius 3 is 2.67 bits per heavy atom. The summed E-state index contributed by atoms with van der Waals surface area (Å²) >= 11 is 0. The molecule has 0 aromatic carbocycles. The van der Waals surface area contributed by atoms with Gasteiger partial charge in [-0.15, -0.1) is 0 Å². The summed E-state index contributed by atoms with van der Waals surface area (Å²) in [6.45, 7) is 2.24. The fourth-order valence-corrected chi connectivity index (χ4v) is 3.58. The number of rotatable bonds is 8. The Hall–Kier alpha value is -5.29. The molecule has 5 aromatic rings. The van der Waals surface area contributed by atoms with Crippen molar-refractivity contribution >= 4 is 28.3 Å². The van der Waals surface area contributed by atoms with E-state index in [-0.39, 0.29) is 5.56 Å². The summed E-state index contributed by atoms with van der Waals surface area (Å²) in [5.74, 6) is 0.0783. The molecular weight excluding hydrogens is 505 g/mol. The van der Waals surface area contributed by atoms with Crippen LogP contribution in [-0.4, -0.2) is 68.8 Å². The van der Waals surface area contributed by atoms with Crippen molar-refractivity contribution in [2.45, 2.75) is 25.6 Å². The number of alkyl halides is 1. The van der Waals surface area contributed by atoms with Crippen LogP contribution in [0.1, 0.15) is 29.8 Å². The predicted octanol–water partition coefficient (Wildman–Crippen LogP) is 2.25. The molecule has 13 nitrogen and oxygen atoms in total. The second kappa shape index (κ2) is 10.2. The van der Waals surface area contributed by atoms with E-state index in [0.717, 1.165) is 0 Å². The van der Waals surface area contributed by atoms with Gasteiger partial charge in [-0.1, -0.05) is 0 Å². The third kappa shape index (κ3) is 5.38. The topological polar surface area (TPSA) is 172 Å². The molecule has 1 amide bonds. The minimum atomic E-state index is -1.69. The zero-order valence-corrected chi connectivity index (χ0v) is 20.8. The highest BCUT2D eigenvalue weighted by atomic mass is 19.1. The lowest BCUT2D eigenvalue weighted by Gasteiger charge is -2.22. The number of nitrogens with zero attached hydrogens (tertiary/aromatic N) is 9. The van der Waals surface area contributed by atoms with Crippen molar-refractivity contribution in [3.63, 3.8) is 0 Å². The third-order valence-electron chi connectivity index (χ3n) is 5.72. The van der Waals surface area contributed by atoms with Crippen LogP contribution in [0.3, 0.4) is 0 Å². The average molecular weight is 528 g/mol. The van der Waals surface area contributed by atoms with Crippen molar-refractivity contribution in [3.8, 4) is 17.8 Å². The molecule has 1 unspecified atom stereocenters. The van der Waals surface area contributed by atoms with E-state index in [2.05, 4.69) is 40.8 Å². The molecule has 14 heteroatoms. The molecule has 0 spiro atoms. The van der Waals surface area contributed by atoms with Crippen molar-refractivity contribution in [1.82, 2.24) is 44.8 Å². The first-order chi connectivity index (χ1) is 18.7. The fourth-order valence-electron chi connectivity index (χ4n) is 3.58. The van der Waals surface area contributed by atoms with Crippen molar-refractivity contribution in [3.05, 3.63) is 72.7 Å². The number of fused-ring (bicyclic) bond motifs is 1. The van der Waals surface area contributed by atoms with E-state index in [1.165, 1.54) is 41.8 Å². The maximum Gasteiger partial charge on any atom is 0.255 e. The van der Waals surface area contributed by atoms with Gasteiger partial charge in [0.2, 0.25) is 5.95 Å². The Morgan fingerprint density at radius 1 is 1.13 bits per heavy atom. The Morgan fingerprint density at radius 2 is 1.92 bits per heavy atom. The Labute approximate surface area is 221 Å². The largest absolute Gasteiger partial charge is 0.387 e. The second-order valence-electron chi connectivity index (χ2n) is 9.07. The van der Waals surface area contributed by atoms with Crippen molar-refractivity contribution in [1.29, 1.82) is 5.26 Å². The molecule has 0 radical (unpaired) electrons. The quantitative estimate of drug-likeness (QED) is 0.272. The molecule has 0 saturated carbocycles. The number of hydrogen-bond acceptors (Lipinski definition) is 10. The maximum absolute atomic E-state index is 14.3. The molecule has 1 atom stereocenters. The highest BCUT2D eigenvalue weighted by Crippen LogP contribution is 2.25. The molecule has 3 N–H and O–H groups in total. The van der Waals surface area contributed by atoms with E-state index in [0.29, 0.717) is 39.7 Å². The lowest BCUT2D eigenvalue weighted by Crippen LogP contribution is -2.42. The molecule has 0 bridgehead atoms. The van der Waals surface area contributed by atoms with Crippen LogP contribution in [-0.2, 0) is 0 Å². The SMILES string of the molecule is CC(C)(O)C(F)CNC(=O)c1cnc(-n2ncc3cc(C#N)cnc32)cc1Nc1cnn(-c2ncccn2)c1. The van der Waals surface area contributed by atoms with Gasteiger partial charge in [0.15, 0.2) is 11.5 Å². The number of halogens is 1. The van der Waals surface area contributed by atoms with Gasteiger partial charge in [-0.3, -0.25) is 4.79 Å². The molecule has 196 valence electrons. The summed E-state index contributed by atoms with van der Waals surface area (Å²) in [7, 11) is 0. The van der Waals surface area contributed by atoms with Crippen LogP contribution < -0.4 is 10.6 Å². The van der Waals surface area contributed by atoms with Crippen molar-refractivity contribution in [2.24, 2.45) is 0 Å². The minimum absolute atomic E-state index is 0.113. The molecule has 0 fully saturated rings. The summed E-state index contributed by atoms with van der Waals surface area (Å²) < 4.78 is 17.2. The summed E-state index contributed by atoms with van der Waals surface area (Å²) in [5.41, 5.74) is 0.175. The highest BCUT2D eigenvalue weighted by Gasteiger charge is 2.27. The van der Waals surface area contributed by atoms with Crippen LogP contribution in [0.4, 0.5) is 15.8 Å². The van der Waals surface area contributed by atoms with Crippen molar-refractivity contribution < 1.29 is 14.3 Å². The zero-order valence-electron chi connectivity index (χ0n) is 20.8. The summed E-state index contributed by atoms with van der Waals surface area (Å²) in [6.07, 6.45) is 8.96. The first-order valence-corrected chi connectivity index (χ1v) is 11.7. The van der Waals surface area contributed by atoms with E-state index in [9.17, 15) is 14.3 Å². The molecule has 0 aliphatic rings. The molecule has 5 aromatic heterocycles. The Balaban J connectivity index is 1.50. The van der Waals surface area contributed by atoms with E-state index in [1.54, 1.807) is 43.0 Å². The number of anilines is 2. The number of hydrogen-bond donors (Lipinski definition) is 3. The van der Waals surface area contributed by atoms with Crippen LogP contribution in [0.15, 0.2) is 61.6 Å². The van der Waals surface area contributed by atoms with Crippen LogP contribution >= 0.6 is 0 Å². The van der Waals surface area contributed by atoms with E-state index < -0.39 is 24.2 Å². The number of nitrogens with one attached hydrogen (secondary N) is 2. The average Bonchev–Trinajstić information content (AvgIpc) is 3.58. The number of carbonyl (C=O) groups excluding carboxylic acids is 1. The lowest BCUT2D eigenvalue weighted by atomic mass is 10.0.